The number of piperidine rings is 1. The van der Waals surface area contributed by atoms with Crippen molar-refractivity contribution in [3.8, 4) is 0 Å². The molecule has 0 aliphatic carbocycles. The van der Waals surface area contributed by atoms with Crippen molar-refractivity contribution < 1.29 is 13.2 Å². The number of sulfonamides is 1. The van der Waals surface area contributed by atoms with E-state index >= 15 is 0 Å². The number of carbonyl (C=O) groups is 1. The number of amides is 1. The number of primary sulfonamides is 1. The fraction of sp³-hybridized carbons (Fsp3) is 0.353. The van der Waals surface area contributed by atoms with Crippen LogP contribution in [0.3, 0.4) is 0 Å². The highest BCUT2D eigenvalue weighted by atomic mass is 32.2. The monoisotopic (exact) mass is 364 g/mol. The normalized spacial score (nSPS) is 18.6. The van der Waals surface area contributed by atoms with Crippen molar-refractivity contribution in [1.29, 1.82) is 0 Å². The van der Waals surface area contributed by atoms with Gasteiger partial charge in [-0.15, -0.1) is 11.3 Å². The molecule has 2 aromatic rings. The number of hydrogen-bond donors (Lipinski definition) is 1. The highest BCUT2D eigenvalue weighted by Gasteiger charge is 2.30. The molecule has 2 heterocycles. The smallest absolute Gasteiger partial charge is 0.265 e. The maximum absolute atomic E-state index is 12.8. The molecule has 1 amide bonds. The minimum absolute atomic E-state index is 0.0736. The van der Waals surface area contributed by atoms with Gasteiger partial charge in [-0.25, -0.2) is 13.6 Å². The fourth-order valence-electron chi connectivity index (χ4n) is 3.28. The zero-order chi connectivity index (χ0) is 17.3. The van der Waals surface area contributed by atoms with Crippen LogP contribution in [0.15, 0.2) is 40.6 Å². The van der Waals surface area contributed by atoms with Crippen LogP contribution < -0.4 is 5.14 Å². The van der Waals surface area contributed by atoms with E-state index in [4.69, 9.17) is 5.14 Å². The average Bonchev–Trinajstić information content (AvgIpc) is 3.04. The van der Waals surface area contributed by atoms with Crippen molar-refractivity contribution in [2.75, 3.05) is 13.1 Å². The highest BCUT2D eigenvalue weighted by molar-refractivity contribution is 7.89. The molecule has 0 spiro atoms. The Morgan fingerprint density at radius 2 is 2.04 bits per heavy atom. The van der Waals surface area contributed by atoms with Crippen molar-refractivity contribution in [2.24, 2.45) is 5.14 Å². The van der Waals surface area contributed by atoms with E-state index in [1.807, 2.05) is 12.1 Å². The Labute approximate surface area is 146 Å². The third-order valence-electron chi connectivity index (χ3n) is 4.47. The second-order valence-corrected chi connectivity index (χ2v) is 8.55. The van der Waals surface area contributed by atoms with E-state index in [2.05, 4.69) is 19.1 Å². The molecule has 128 valence electrons. The summed E-state index contributed by atoms with van der Waals surface area (Å²) in [6, 6.07) is 9.61. The van der Waals surface area contributed by atoms with Gasteiger partial charge in [-0.05, 0) is 42.3 Å². The molecule has 1 fully saturated rings. The van der Waals surface area contributed by atoms with Crippen molar-refractivity contribution in [3.63, 3.8) is 0 Å². The number of rotatable bonds is 3. The van der Waals surface area contributed by atoms with Crippen molar-refractivity contribution in [3.05, 3.63) is 51.7 Å². The number of hydrogen-bond acceptors (Lipinski definition) is 4. The van der Waals surface area contributed by atoms with Crippen LogP contribution in [0.2, 0.25) is 0 Å². The maximum atomic E-state index is 12.8. The molecule has 1 aliphatic heterocycles. The van der Waals surface area contributed by atoms with Crippen molar-refractivity contribution >= 4 is 27.3 Å². The molecule has 0 bridgehead atoms. The van der Waals surface area contributed by atoms with Gasteiger partial charge < -0.3 is 4.90 Å². The van der Waals surface area contributed by atoms with Crippen LogP contribution in [-0.4, -0.2) is 32.3 Å². The Balaban J connectivity index is 1.84. The van der Waals surface area contributed by atoms with Crippen LogP contribution in [0.5, 0.6) is 0 Å². The largest absolute Gasteiger partial charge is 0.337 e. The van der Waals surface area contributed by atoms with E-state index in [1.165, 1.54) is 17.2 Å². The third kappa shape index (κ3) is 3.38. The molecule has 1 atom stereocenters. The summed E-state index contributed by atoms with van der Waals surface area (Å²) in [6.07, 6.45) is 1.93. The van der Waals surface area contributed by atoms with Crippen LogP contribution in [0, 0.1) is 6.92 Å². The second kappa shape index (κ2) is 6.66. The molecule has 0 saturated carbocycles. The molecule has 1 aromatic carbocycles. The van der Waals surface area contributed by atoms with Crippen LogP contribution in [0.1, 0.15) is 39.6 Å². The van der Waals surface area contributed by atoms with E-state index in [1.54, 1.807) is 10.3 Å². The number of thiophene rings is 1. The van der Waals surface area contributed by atoms with Gasteiger partial charge in [-0.2, -0.15) is 0 Å². The topological polar surface area (TPSA) is 80.5 Å². The van der Waals surface area contributed by atoms with E-state index in [-0.39, 0.29) is 21.6 Å². The van der Waals surface area contributed by atoms with Gasteiger partial charge in [0.2, 0.25) is 10.0 Å². The minimum atomic E-state index is -3.88. The number of benzene rings is 1. The van der Waals surface area contributed by atoms with E-state index in [9.17, 15) is 13.2 Å². The van der Waals surface area contributed by atoms with Gasteiger partial charge >= 0.3 is 0 Å². The quantitative estimate of drug-likeness (QED) is 0.909. The lowest BCUT2D eigenvalue weighted by Crippen LogP contribution is -2.39. The van der Waals surface area contributed by atoms with Gasteiger partial charge in [-0.1, -0.05) is 24.3 Å². The fourth-order valence-corrected chi connectivity index (χ4v) is 5.22. The Morgan fingerprint density at radius 3 is 2.75 bits per heavy atom. The van der Waals surface area contributed by atoms with Crippen LogP contribution in [0.4, 0.5) is 0 Å². The standard InChI is InChI=1S/C17H20N2O3S2/c1-12-5-2-3-7-14(12)13-6-4-9-19(11-13)17(20)16-15(8-10-23-16)24(18,21)22/h2-3,5,7-8,10,13H,4,6,9,11H2,1H3,(H2,18,21,22)/t13-/m1/s1. The first-order valence-corrected chi connectivity index (χ1v) is 10.3. The van der Waals surface area contributed by atoms with Gasteiger partial charge in [-0.3, -0.25) is 4.79 Å². The number of nitrogens with zero attached hydrogens (tertiary/aromatic N) is 1. The van der Waals surface area contributed by atoms with Crippen molar-refractivity contribution in [2.45, 2.75) is 30.6 Å². The summed E-state index contributed by atoms with van der Waals surface area (Å²) in [7, 11) is -3.88. The molecule has 0 radical (unpaired) electrons. The molecule has 1 aromatic heterocycles. The Morgan fingerprint density at radius 1 is 1.29 bits per heavy atom. The highest BCUT2D eigenvalue weighted by Crippen LogP contribution is 2.31. The molecule has 5 nitrogen and oxygen atoms in total. The molecule has 3 rings (SSSR count). The molecule has 0 unspecified atom stereocenters. The van der Waals surface area contributed by atoms with Crippen LogP contribution in [0.25, 0.3) is 0 Å². The first-order valence-electron chi connectivity index (χ1n) is 7.83. The summed E-state index contributed by atoms with van der Waals surface area (Å²) in [5.74, 6) is 0.0362. The molecule has 2 N–H and O–H groups in total. The summed E-state index contributed by atoms with van der Waals surface area (Å²) < 4.78 is 23.3. The predicted molar refractivity (Wildman–Crippen MR) is 94.7 cm³/mol. The number of aryl methyl sites for hydroxylation is 1. The number of nitrogens with two attached hydrogens (primary N) is 1. The minimum Gasteiger partial charge on any atom is -0.337 e. The number of likely N-dealkylation sites (tertiary alicyclic amines) is 1. The van der Waals surface area contributed by atoms with Gasteiger partial charge in [0.05, 0.1) is 0 Å². The Hall–Kier alpha value is -1.70. The van der Waals surface area contributed by atoms with Gasteiger partial charge in [0, 0.05) is 19.0 Å². The number of carbonyl (C=O) groups excluding carboxylic acids is 1. The lowest BCUT2D eigenvalue weighted by molar-refractivity contribution is 0.0708. The Kier molecular flexibility index (Phi) is 4.76. The predicted octanol–water partition coefficient (Wildman–Crippen LogP) is 2.72. The van der Waals surface area contributed by atoms with E-state index < -0.39 is 10.0 Å². The summed E-state index contributed by atoms with van der Waals surface area (Å²) in [4.78, 5) is 14.7. The van der Waals surface area contributed by atoms with Crippen LogP contribution in [-0.2, 0) is 10.0 Å². The summed E-state index contributed by atoms with van der Waals surface area (Å²) >= 11 is 1.13. The third-order valence-corrected chi connectivity index (χ3v) is 6.45. The molecular weight excluding hydrogens is 344 g/mol. The van der Waals surface area contributed by atoms with Gasteiger partial charge in [0.25, 0.3) is 5.91 Å². The summed E-state index contributed by atoms with van der Waals surface area (Å²) in [5.41, 5.74) is 2.48. The maximum Gasteiger partial charge on any atom is 0.265 e. The van der Waals surface area contributed by atoms with Crippen molar-refractivity contribution in [1.82, 2.24) is 4.90 Å². The molecule has 1 saturated heterocycles. The SMILES string of the molecule is Cc1ccccc1[C@@H]1CCCN(C(=O)c2sccc2S(N)(=O)=O)C1. The van der Waals surface area contributed by atoms with E-state index in [0.29, 0.717) is 13.1 Å². The average molecular weight is 364 g/mol. The zero-order valence-electron chi connectivity index (χ0n) is 13.4. The summed E-state index contributed by atoms with van der Waals surface area (Å²) in [6.45, 7) is 3.32. The van der Waals surface area contributed by atoms with E-state index in [0.717, 1.165) is 24.2 Å². The zero-order valence-corrected chi connectivity index (χ0v) is 15.1. The molecule has 1 aliphatic rings. The Bertz CT molecular complexity index is 858. The van der Waals surface area contributed by atoms with Gasteiger partial charge in [0.1, 0.15) is 9.77 Å². The first kappa shape index (κ1) is 17.1. The molecular formula is C17H20N2O3S2. The van der Waals surface area contributed by atoms with Gasteiger partial charge in [0.15, 0.2) is 0 Å². The summed E-state index contributed by atoms with van der Waals surface area (Å²) in [5, 5.41) is 6.81. The first-order chi connectivity index (χ1) is 11.4. The lowest BCUT2D eigenvalue weighted by Gasteiger charge is -2.33. The second-order valence-electron chi connectivity index (χ2n) is 6.11. The molecule has 24 heavy (non-hydrogen) atoms. The molecule has 7 heteroatoms. The lowest BCUT2D eigenvalue weighted by atomic mass is 9.88. The van der Waals surface area contributed by atoms with Crippen LogP contribution >= 0.6 is 11.3 Å².